The minimum absolute atomic E-state index is 0.145. The third-order valence-electron chi connectivity index (χ3n) is 4.49. The Morgan fingerprint density at radius 1 is 1.24 bits per heavy atom. The maximum absolute atomic E-state index is 12.1. The molecular formula is C19H26N4O5S. The molecule has 0 bridgehead atoms. The number of anilines is 1. The molecule has 10 heteroatoms. The van der Waals surface area contributed by atoms with Crippen LogP contribution in [0.25, 0.3) is 0 Å². The second-order valence-electron chi connectivity index (χ2n) is 7.66. The van der Waals surface area contributed by atoms with Gasteiger partial charge in [-0.25, -0.2) is 4.79 Å². The van der Waals surface area contributed by atoms with E-state index in [1.807, 2.05) is 30.6 Å². The number of benzene rings is 1. The largest absolute Gasteiger partial charge is 0.462 e. The lowest BCUT2D eigenvalue weighted by atomic mass is 9.96. The predicted octanol–water partition coefficient (Wildman–Crippen LogP) is 2.34. The molecule has 9 nitrogen and oxygen atoms in total. The number of hydrogen-bond donors (Lipinski definition) is 1. The number of carbonyl (C=O) groups is 2. The Morgan fingerprint density at radius 3 is 2.38 bits per heavy atom. The number of thiocarbonyl (C=S) groups is 1. The van der Waals surface area contributed by atoms with Crippen molar-refractivity contribution in [3.05, 3.63) is 33.9 Å². The second-order valence-corrected chi connectivity index (χ2v) is 8.05. The SMILES string of the molecule is CCOC(=O)c1ccc(N2CCN(C(=S)NC(=O)C(C)(C)C)CC2)c([N+](=O)[O-])c1. The van der Waals surface area contributed by atoms with Crippen LogP contribution in [0, 0.1) is 15.5 Å². The van der Waals surface area contributed by atoms with Crippen LogP contribution in [-0.2, 0) is 9.53 Å². The van der Waals surface area contributed by atoms with Gasteiger partial charge in [0.25, 0.3) is 5.69 Å². The lowest BCUT2D eigenvalue weighted by molar-refractivity contribution is -0.384. The summed E-state index contributed by atoms with van der Waals surface area (Å²) in [5, 5.41) is 14.6. The molecule has 0 spiro atoms. The van der Waals surface area contributed by atoms with Crippen molar-refractivity contribution in [1.29, 1.82) is 0 Å². The molecule has 29 heavy (non-hydrogen) atoms. The van der Waals surface area contributed by atoms with E-state index in [1.165, 1.54) is 12.1 Å². The number of rotatable bonds is 4. The Hall–Kier alpha value is -2.75. The summed E-state index contributed by atoms with van der Waals surface area (Å²) in [4.78, 5) is 38.8. The van der Waals surface area contributed by atoms with Crippen LogP contribution in [0.1, 0.15) is 38.1 Å². The van der Waals surface area contributed by atoms with Crippen molar-refractivity contribution < 1.29 is 19.2 Å². The zero-order valence-electron chi connectivity index (χ0n) is 17.1. The van der Waals surface area contributed by atoms with E-state index in [2.05, 4.69) is 5.32 Å². The topological polar surface area (TPSA) is 105 Å². The number of nitrogens with one attached hydrogen (secondary N) is 1. The molecule has 0 aliphatic carbocycles. The van der Waals surface area contributed by atoms with Crippen molar-refractivity contribution in [2.45, 2.75) is 27.7 Å². The van der Waals surface area contributed by atoms with Gasteiger partial charge in [0.05, 0.1) is 17.1 Å². The van der Waals surface area contributed by atoms with Gasteiger partial charge in [0.1, 0.15) is 5.69 Å². The molecule has 1 heterocycles. The summed E-state index contributed by atoms with van der Waals surface area (Å²) in [6.45, 7) is 9.30. The number of nitro groups is 1. The zero-order chi connectivity index (χ0) is 21.8. The fourth-order valence-corrected chi connectivity index (χ4v) is 3.07. The van der Waals surface area contributed by atoms with Crippen LogP contribution >= 0.6 is 12.2 Å². The van der Waals surface area contributed by atoms with E-state index in [4.69, 9.17) is 17.0 Å². The number of nitro benzene ring substituents is 1. The molecule has 0 aromatic heterocycles. The molecule has 158 valence electrons. The molecule has 0 unspecified atom stereocenters. The Kier molecular flexibility index (Phi) is 7.12. The Bertz CT molecular complexity index is 813. The number of amides is 1. The molecule has 1 aromatic carbocycles. The Balaban J connectivity index is 2.08. The van der Waals surface area contributed by atoms with E-state index in [0.29, 0.717) is 37.0 Å². The van der Waals surface area contributed by atoms with Crippen LogP contribution in [0.4, 0.5) is 11.4 Å². The summed E-state index contributed by atoms with van der Waals surface area (Å²) in [6.07, 6.45) is 0. The van der Waals surface area contributed by atoms with Crippen LogP contribution in [-0.4, -0.2) is 59.6 Å². The Labute approximate surface area is 175 Å². The van der Waals surface area contributed by atoms with Crippen molar-refractivity contribution >= 4 is 40.6 Å². The molecule has 1 aromatic rings. The van der Waals surface area contributed by atoms with Gasteiger partial charge in [-0.15, -0.1) is 0 Å². The van der Waals surface area contributed by atoms with Gasteiger partial charge < -0.3 is 19.9 Å². The number of piperazine rings is 1. The summed E-state index contributed by atoms with van der Waals surface area (Å²) < 4.78 is 4.91. The molecule has 1 amide bonds. The summed E-state index contributed by atoms with van der Waals surface area (Å²) in [6, 6.07) is 4.34. The zero-order valence-corrected chi connectivity index (χ0v) is 17.9. The van der Waals surface area contributed by atoms with E-state index >= 15 is 0 Å². The maximum Gasteiger partial charge on any atom is 0.338 e. The van der Waals surface area contributed by atoms with Gasteiger partial charge in [-0.2, -0.15) is 0 Å². The van der Waals surface area contributed by atoms with Crippen molar-refractivity contribution in [3.8, 4) is 0 Å². The highest BCUT2D eigenvalue weighted by molar-refractivity contribution is 7.80. The summed E-state index contributed by atoms with van der Waals surface area (Å²) in [7, 11) is 0. The first-order valence-corrected chi connectivity index (χ1v) is 9.76. The number of ether oxygens (including phenoxy) is 1. The lowest BCUT2D eigenvalue weighted by Crippen LogP contribution is -2.54. The molecule has 0 saturated carbocycles. The highest BCUT2D eigenvalue weighted by Gasteiger charge is 2.28. The van der Waals surface area contributed by atoms with E-state index in [9.17, 15) is 19.7 Å². The minimum Gasteiger partial charge on any atom is -0.462 e. The lowest BCUT2D eigenvalue weighted by Gasteiger charge is -2.37. The fraction of sp³-hybridized carbons (Fsp3) is 0.526. The number of carbonyl (C=O) groups excluding carboxylic acids is 2. The van der Waals surface area contributed by atoms with Gasteiger partial charge in [0.15, 0.2) is 5.11 Å². The summed E-state index contributed by atoms with van der Waals surface area (Å²) >= 11 is 5.33. The van der Waals surface area contributed by atoms with Crippen LogP contribution in [0.5, 0.6) is 0 Å². The Morgan fingerprint density at radius 2 is 1.86 bits per heavy atom. The second kappa shape index (κ2) is 9.17. The first-order valence-electron chi connectivity index (χ1n) is 9.35. The molecule has 0 radical (unpaired) electrons. The highest BCUT2D eigenvalue weighted by atomic mass is 32.1. The first-order chi connectivity index (χ1) is 13.5. The van der Waals surface area contributed by atoms with Gasteiger partial charge in [0, 0.05) is 37.7 Å². The third-order valence-corrected chi connectivity index (χ3v) is 4.85. The first kappa shape index (κ1) is 22.5. The molecule has 0 atom stereocenters. The summed E-state index contributed by atoms with van der Waals surface area (Å²) in [5.41, 5.74) is -0.111. The quantitative estimate of drug-likeness (QED) is 0.341. The van der Waals surface area contributed by atoms with Gasteiger partial charge in [0.2, 0.25) is 5.91 Å². The van der Waals surface area contributed by atoms with Gasteiger partial charge >= 0.3 is 5.97 Å². The van der Waals surface area contributed by atoms with Crippen molar-refractivity contribution in [2.24, 2.45) is 5.41 Å². The molecule has 1 aliphatic rings. The molecular weight excluding hydrogens is 396 g/mol. The predicted molar refractivity (Wildman–Crippen MR) is 113 cm³/mol. The minimum atomic E-state index is -0.591. The van der Waals surface area contributed by atoms with Crippen LogP contribution in [0.15, 0.2) is 18.2 Å². The molecule has 2 rings (SSSR count). The van der Waals surface area contributed by atoms with E-state index < -0.39 is 16.3 Å². The third kappa shape index (κ3) is 5.63. The van der Waals surface area contributed by atoms with Crippen LogP contribution in [0.3, 0.4) is 0 Å². The highest BCUT2D eigenvalue weighted by Crippen LogP contribution is 2.30. The molecule has 1 saturated heterocycles. The van der Waals surface area contributed by atoms with Crippen LogP contribution in [0.2, 0.25) is 0 Å². The van der Waals surface area contributed by atoms with Gasteiger partial charge in [-0.3, -0.25) is 14.9 Å². The van der Waals surface area contributed by atoms with E-state index in [1.54, 1.807) is 13.0 Å². The average Bonchev–Trinajstić information content (AvgIpc) is 2.67. The van der Waals surface area contributed by atoms with Crippen molar-refractivity contribution in [2.75, 3.05) is 37.7 Å². The normalized spacial score (nSPS) is 14.3. The van der Waals surface area contributed by atoms with Gasteiger partial charge in [-0.1, -0.05) is 20.8 Å². The fourth-order valence-electron chi connectivity index (χ4n) is 2.79. The van der Waals surface area contributed by atoms with Gasteiger partial charge in [-0.05, 0) is 31.3 Å². The van der Waals surface area contributed by atoms with E-state index in [-0.39, 0.29) is 23.8 Å². The monoisotopic (exact) mass is 422 g/mol. The number of hydrogen-bond acceptors (Lipinski definition) is 7. The summed E-state index contributed by atoms with van der Waals surface area (Å²) in [5.74, 6) is -0.748. The number of esters is 1. The van der Waals surface area contributed by atoms with Crippen LogP contribution < -0.4 is 10.2 Å². The van der Waals surface area contributed by atoms with E-state index in [0.717, 1.165) is 0 Å². The van der Waals surface area contributed by atoms with Crippen molar-refractivity contribution in [1.82, 2.24) is 10.2 Å². The average molecular weight is 423 g/mol. The standard InChI is InChI=1S/C19H26N4O5S/c1-5-28-16(24)13-6-7-14(15(12-13)23(26)27)21-8-10-22(11-9-21)18(29)20-17(25)19(2,3)4/h6-7,12H,5,8-11H2,1-4H3,(H,20,25,29). The molecule has 1 N–H and O–H groups in total. The smallest absolute Gasteiger partial charge is 0.338 e. The van der Waals surface area contributed by atoms with Crippen molar-refractivity contribution in [3.63, 3.8) is 0 Å². The molecule has 1 fully saturated rings. The molecule has 1 aliphatic heterocycles. The maximum atomic E-state index is 12.1. The number of nitrogens with zero attached hydrogens (tertiary/aromatic N) is 3.